The van der Waals surface area contributed by atoms with E-state index >= 15 is 0 Å². The van der Waals surface area contributed by atoms with E-state index in [0.717, 1.165) is 0 Å². The molecule has 0 saturated carbocycles. The van der Waals surface area contributed by atoms with Crippen molar-refractivity contribution >= 4 is 5.78 Å². The second kappa shape index (κ2) is 4.72. The molecule has 1 rings (SSSR count). The highest BCUT2D eigenvalue weighted by molar-refractivity contribution is 5.77. The van der Waals surface area contributed by atoms with Gasteiger partial charge in [0, 0.05) is 18.2 Å². The zero-order valence-corrected chi connectivity index (χ0v) is 9.11. The molecule has 0 unspecified atom stereocenters. The molecule has 5 nitrogen and oxygen atoms in total. The zero-order chi connectivity index (χ0) is 11.4. The van der Waals surface area contributed by atoms with Crippen molar-refractivity contribution in [1.82, 2.24) is 9.55 Å². The lowest BCUT2D eigenvalue weighted by Crippen LogP contribution is -2.26. The summed E-state index contributed by atoms with van der Waals surface area (Å²) in [6.07, 6.45) is 0.392. The van der Waals surface area contributed by atoms with Gasteiger partial charge in [-0.3, -0.25) is 14.2 Å². The van der Waals surface area contributed by atoms with Crippen LogP contribution in [0.25, 0.3) is 0 Å². The monoisotopic (exact) mass is 210 g/mol. The minimum Gasteiger partial charge on any atom is -0.468 e. The molecule has 0 bridgehead atoms. The van der Waals surface area contributed by atoms with E-state index in [0.29, 0.717) is 12.1 Å². The fourth-order valence-electron chi connectivity index (χ4n) is 1.18. The molecular weight excluding hydrogens is 196 g/mol. The van der Waals surface area contributed by atoms with Crippen molar-refractivity contribution in [3.05, 3.63) is 22.1 Å². The van der Waals surface area contributed by atoms with E-state index in [2.05, 4.69) is 4.98 Å². The van der Waals surface area contributed by atoms with Crippen LogP contribution < -0.4 is 10.3 Å². The Kier molecular flexibility index (Phi) is 3.60. The first-order valence-corrected chi connectivity index (χ1v) is 4.72. The molecule has 0 aliphatic heterocycles. The number of aryl methyl sites for hydroxylation is 1. The molecule has 1 heterocycles. The second-order valence-corrected chi connectivity index (χ2v) is 3.20. The number of hydrogen-bond donors (Lipinski definition) is 0. The van der Waals surface area contributed by atoms with Gasteiger partial charge in [-0.1, -0.05) is 6.92 Å². The predicted octanol–water partition coefficient (Wildman–Crippen LogP) is 0.539. The fraction of sp³-hybridized carbons (Fsp3) is 0.500. The molecule has 0 N–H and O–H groups in total. The highest BCUT2D eigenvalue weighted by atomic mass is 16.5. The molecule has 0 aliphatic carbocycles. The van der Waals surface area contributed by atoms with Gasteiger partial charge in [-0.15, -0.1) is 0 Å². The average Bonchev–Trinajstić information content (AvgIpc) is 2.21. The number of rotatable bonds is 4. The number of ketones is 1. The Morgan fingerprint density at radius 3 is 2.80 bits per heavy atom. The number of carbonyl (C=O) groups excluding carboxylic acids is 1. The maximum Gasteiger partial charge on any atom is 0.299 e. The predicted molar refractivity (Wildman–Crippen MR) is 55.1 cm³/mol. The van der Waals surface area contributed by atoms with Gasteiger partial charge < -0.3 is 4.74 Å². The summed E-state index contributed by atoms with van der Waals surface area (Å²) >= 11 is 0. The summed E-state index contributed by atoms with van der Waals surface area (Å²) in [5.41, 5.74) is 0.318. The Labute approximate surface area is 87.7 Å². The van der Waals surface area contributed by atoms with Gasteiger partial charge in [0.1, 0.15) is 0 Å². The first-order chi connectivity index (χ1) is 7.08. The molecule has 82 valence electrons. The topological polar surface area (TPSA) is 61.2 Å². The summed E-state index contributed by atoms with van der Waals surface area (Å²) < 4.78 is 6.19. The molecule has 0 aliphatic rings. The number of hydrogen-bond acceptors (Lipinski definition) is 4. The van der Waals surface area contributed by atoms with Gasteiger partial charge in [0.15, 0.2) is 5.78 Å². The Balaban J connectivity index is 3.15. The van der Waals surface area contributed by atoms with E-state index in [-0.39, 0.29) is 23.9 Å². The Bertz CT molecular complexity index is 423. The largest absolute Gasteiger partial charge is 0.468 e. The molecule has 1 aromatic rings. The normalized spacial score (nSPS) is 10.1. The second-order valence-electron chi connectivity index (χ2n) is 3.20. The van der Waals surface area contributed by atoms with Crippen molar-refractivity contribution in [2.24, 2.45) is 0 Å². The maximum absolute atomic E-state index is 11.6. The number of nitrogens with zero attached hydrogens (tertiary/aromatic N) is 2. The number of methoxy groups -OCH3 is 1. The molecule has 15 heavy (non-hydrogen) atoms. The van der Waals surface area contributed by atoms with Gasteiger partial charge in [0.25, 0.3) is 11.6 Å². The number of carbonyl (C=O) groups is 1. The van der Waals surface area contributed by atoms with Crippen LogP contribution in [-0.2, 0) is 11.3 Å². The number of Topliss-reactive ketones (excluding diaryl/α,β-unsaturated/α-hetero) is 1. The smallest absolute Gasteiger partial charge is 0.299 e. The van der Waals surface area contributed by atoms with E-state index in [1.54, 1.807) is 13.8 Å². The van der Waals surface area contributed by atoms with Crippen molar-refractivity contribution < 1.29 is 9.53 Å². The Hall–Kier alpha value is -1.65. The summed E-state index contributed by atoms with van der Waals surface area (Å²) in [7, 11) is 1.42. The van der Waals surface area contributed by atoms with Crippen molar-refractivity contribution in [3.63, 3.8) is 0 Å². The number of aromatic nitrogens is 2. The van der Waals surface area contributed by atoms with Crippen LogP contribution in [0.1, 0.15) is 19.0 Å². The molecule has 0 atom stereocenters. The third kappa shape index (κ3) is 2.65. The third-order valence-corrected chi connectivity index (χ3v) is 2.01. The maximum atomic E-state index is 11.6. The molecular formula is C10H14N2O3. The van der Waals surface area contributed by atoms with Crippen molar-refractivity contribution in [2.75, 3.05) is 7.11 Å². The van der Waals surface area contributed by atoms with Crippen LogP contribution in [0.15, 0.2) is 10.9 Å². The van der Waals surface area contributed by atoms with Crippen molar-refractivity contribution in [2.45, 2.75) is 26.8 Å². The third-order valence-electron chi connectivity index (χ3n) is 2.01. The van der Waals surface area contributed by atoms with Gasteiger partial charge in [-0.05, 0) is 6.92 Å². The molecule has 0 radical (unpaired) electrons. The summed E-state index contributed by atoms with van der Waals surface area (Å²) in [6, 6.07) is 1.56. The SMILES string of the molecule is CCC(=O)Cn1c(OC)nc(C)cc1=O. The lowest BCUT2D eigenvalue weighted by atomic mass is 10.3. The average molecular weight is 210 g/mol. The van der Waals surface area contributed by atoms with Crippen LogP contribution in [0.3, 0.4) is 0 Å². The van der Waals surface area contributed by atoms with Crippen LogP contribution in [0.4, 0.5) is 0 Å². The van der Waals surface area contributed by atoms with Gasteiger partial charge >= 0.3 is 0 Å². The highest BCUT2D eigenvalue weighted by Gasteiger charge is 2.09. The number of ether oxygens (including phenoxy) is 1. The summed E-state index contributed by atoms with van der Waals surface area (Å²) in [5.74, 6) is -0.0268. The Morgan fingerprint density at radius 1 is 1.60 bits per heavy atom. The summed E-state index contributed by atoms with van der Waals surface area (Å²) in [5, 5.41) is 0. The Morgan fingerprint density at radius 2 is 2.27 bits per heavy atom. The molecule has 1 aromatic heterocycles. The van der Waals surface area contributed by atoms with Crippen LogP contribution in [-0.4, -0.2) is 22.4 Å². The first-order valence-electron chi connectivity index (χ1n) is 4.72. The van der Waals surface area contributed by atoms with E-state index < -0.39 is 0 Å². The van der Waals surface area contributed by atoms with Crippen LogP contribution in [0.5, 0.6) is 6.01 Å². The van der Waals surface area contributed by atoms with E-state index in [9.17, 15) is 9.59 Å². The molecule has 0 amide bonds. The van der Waals surface area contributed by atoms with Gasteiger partial charge in [0.2, 0.25) is 0 Å². The van der Waals surface area contributed by atoms with Crippen molar-refractivity contribution in [1.29, 1.82) is 0 Å². The molecule has 0 fully saturated rings. The fourth-order valence-corrected chi connectivity index (χ4v) is 1.18. The van der Waals surface area contributed by atoms with Crippen LogP contribution in [0.2, 0.25) is 0 Å². The molecule has 0 spiro atoms. The summed E-state index contributed by atoms with van der Waals surface area (Å²) in [6.45, 7) is 3.48. The van der Waals surface area contributed by atoms with E-state index in [1.165, 1.54) is 17.7 Å². The quantitative estimate of drug-likeness (QED) is 0.727. The molecule has 0 saturated heterocycles. The minimum atomic E-state index is -0.263. The molecule has 0 aromatic carbocycles. The van der Waals surface area contributed by atoms with Gasteiger partial charge in [-0.25, -0.2) is 4.98 Å². The summed E-state index contributed by atoms with van der Waals surface area (Å²) in [4.78, 5) is 26.8. The zero-order valence-electron chi connectivity index (χ0n) is 9.11. The van der Waals surface area contributed by atoms with Gasteiger partial charge in [-0.2, -0.15) is 0 Å². The minimum absolute atomic E-state index is 0.0196. The standard InChI is InChI=1S/C10H14N2O3/c1-4-8(13)6-12-9(14)5-7(2)11-10(12)15-3/h5H,4,6H2,1-3H3. The van der Waals surface area contributed by atoms with Crippen molar-refractivity contribution in [3.8, 4) is 6.01 Å². The lowest BCUT2D eigenvalue weighted by molar-refractivity contribution is -0.119. The first kappa shape index (κ1) is 11.4. The molecule has 5 heteroatoms. The van der Waals surface area contributed by atoms with Crippen LogP contribution in [0, 0.1) is 6.92 Å². The van der Waals surface area contributed by atoms with E-state index in [4.69, 9.17) is 4.74 Å². The highest BCUT2D eigenvalue weighted by Crippen LogP contribution is 2.04. The van der Waals surface area contributed by atoms with Gasteiger partial charge in [0.05, 0.1) is 13.7 Å². The lowest BCUT2D eigenvalue weighted by Gasteiger charge is -2.09. The van der Waals surface area contributed by atoms with E-state index in [1.807, 2.05) is 0 Å². The van der Waals surface area contributed by atoms with Crippen LogP contribution >= 0.6 is 0 Å².